The van der Waals surface area contributed by atoms with E-state index in [2.05, 4.69) is 27.7 Å². The van der Waals surface area contributed by atoms with E-state index < -0.39 is 0 Å². The van der Waals surface area contributed by atoms with E-state index >= 15 is 0 Å². The molecule has 1 aliphatic heterocycles. The summed E-state index contributed by atoms with van der Waals surface area (Å²) in [5.41, 5.74) is 8.02. The summed E-state index contributed by atoms with van der Waals surface area (Å²) in [6, 6.07) is 0.286. The van der Waals surface area contributed by atoms with Crippen molar-refractivity contribution >= 4 is 6.41 Å². The second-order valence-electron chi connectivity index (χ2n) is 7.79. The van der Waals surface area contributed by atoms with Crippen molar-refractivity contribution < 1.29 is 25.9 Å². The molecule has 1 amide bonds. The van der Waals surface area contributed by atoms with Gasteiger partial charge in [0.05, 0.1) is 0 Å². The van der Waals surface area contributed by atoms with Gasteiger partial charge >= 0.3 is 0 Å². The Morgan fingerprint density at radius 3 is 1.86 bits per heavy atom. The van der Waals surface area contributed by atoms with Crippen molar-refractivity contribution in [2.24, 2.45) is 10.8 Å². The molecule has 0 aromatic rings. The predicted molar refractivity (Wildman–Crippen MR) is 85.6 cm³/mol. The van der Waals surface area contributed by atoms with Crippen LogP contribution in [0.3, 0.4) is 0 Å². The predicted octanol–water partition coefficient (Wildman–Crippen LogP) is 4.66. The molecule has 0 spiro atoms. The largest absolute Gasteiger partial charge is 0.675 e. The van der Waals surface area contributed by atoms with Crippen LogP contribution < -0.4 is 0 Å². The topological polar surface area (TPSA) is 44.1 Å². The van der Waals surface area contributed by atoms with Gasteiger partial charge in [0.15, 0.2) is 0 Å². The van der Waals surface area contributed by atoms with E-state index in [0.717, 1.165) is 45.2 Å². The van der Waals surface area contributed by atoms with Gasteiger partial charge in [-0.25, -0.2) is 0 Å². The molecule has 1 saturated heterocycles. The van der Waals surface area contributed by atoms with Gasteiger partial charge in [-0.3, -0.25) is 4.79 Å². The Hall–Kier alpha value is 0.118. The Morgan fingerprint density at radius 1 is 1.10 bits per heavy atom. The van der Waals surface area contributed by atoms with E-state index in [9.17, 15) is 4.79 Å². The van der Waals surface area contributed by atoms with E-state index in [-0.39, 0.29) is 27.1 Å². The van der Waals surface area contributed by atoms with Crippen LogP contribution in [0.4, 0.5) is 0 Å². The Kier molecular flexibility index (Phi) is 9.35. The number of carbonyl (C=O) groups excluding carboxylic acids is 1. The number of rotatable bonds is 1. The molecular formula is C17H33N2OW-. The van der Waals surface area contributed by atoms with Gasteiger partial charge in [0, 0.05) is 34.2 Å². The van der Waals surface area contributed by atoms with Gasteiger partial charge in [-0.15, -0.1) is 6.04 Å². The molecule has 21 heavy (non-hydrogen) atoms. The minimum atomic E-state index is 0. The maximum Gasteiger partial charge on any atom is 0.209 e. The van der Waals surface area contributed by atoms with Crippen LogP contribution >= 0.6 is 0 Å². The van der Waals surface area contributed by atoms with Crippen LogP contribution in [-0.2, 0) is 25.9 Å². The summed E-state index contributed by atoms with van der Waals surface area (Å²) >= 11 is 0. The molecule has 3 nitrogen and oxygen atoms in total. The second-order valence-corrected chi connectivity index (χ2v) is 7.79. The Balaban J connectivity index is 0.000000425. The van der Waals surface area contributed by atoms with Gasteiger partial charge in [0.25, 0.3) is 0 Å². The maximum atomic E-state index is 10.5. The Morgan fingerprint density at radius 2 is 1.57 bits per heavy atom. The first kappa shape index (κ1) is 21.1. The molecule has 1 aliphatic carbocycles. The number of piperidine rings is 1. The van der Waals surface area contributed by atoms with Crippen molar-refractivity contribution in [3.8, 4) is 0 Å². The summed E-state index contributed by atoms with van der Waals surface area (Å²) in [6.45, 7) is 11.1. The molecule has 1 heterocycles. The van der Waals surface area contributed by atoms with Crippen molar-refractivity contribution in [2.45, 2.75) is 78.7 Å². The minimum Gasteiger partial charge on any atom is -0.675 e. The van der Waals surface area contributed by atoms with Gasteiger partial charge in [0.2, 0.25) is 6.41 Å². The molecule has 2 aliphatic rings. The number of likely N-dealkylation sites (tertiary alicyclic amines) is 1. The first-order valence-corrected chi connectivity index (χ1v) is 8.19. The number of hydrogen-bond donors (Lipinski definition) is 0. The molecule has 2 rings (SSSR count). The third kappa shape index (κ3) is 6.82. The van der Waals surface area contributed by atoms with E-state index in [0.29, 0.717) is 10.8 Å². The van der Waals surface area contributed by atoms with Crippen LogP contribution in [0.2, 0.25) is 0 Å². The molecule has 124 valence electrons. The zero-order valence-electron chi connectivity index (χ0n) is 14.3. The molecule has 0 radical (unpaired) electrons. The third-order valence-electron chi connectivity index (χ3n) is 5.47. The first-order valence-electron chi connectivity index (χ1n) is 8.19. The molecule has 2 fully saturated rings. The number of nitrogens with one attached hydrogen (secondary N) is 1. The third-order valence-corrected chi connectivity index (χ3v) is 5.47. The SMILES string of the molecule is CC(C)(C)C1(C)CCN(C=O)CC1.[NH-]C1CCCCC1.[W]. The van der Waals surface area contributed by atoms with Crippen LogP contribution in [-0.4, -0.2) is 30.4 Å². The van der Waals surface area contributed by atoms with E-state index in [4.69, 9.17) is 5.73 Å². The van der Waals surface area contributed by atoms with Gasteiger partial charge in [-0.2, -0.15) is 0 Å². The van der Waals surface area contributed by atoms with Crippen molar-refractivity contribution in [3.05, 3.63) is 5.73 Å². The van der Waals surface area contributed by atoms with Crippen LogP contribution in [0.25, 0.3) is 5.73 Å². The Labute approximate surface area is 145 Å². The molecule has 4 heteroatoms. The molecule has 1 saturated carbocycles. The zero-order valence-corrected chi connectivity index (χ0v) is 17.2. The smallest absolute Gasteiger partial charge is 0.209 e. The standard InChI is InChI=1S/C11H21NO.C6H12N.W/c1-10(2,3)11(4)5-7-12(9-13)8-6-11;7-6-4-2-1-3-5-6;/h9H,5-8H2,1-4H3;6-7H,1-5H2;/q;-1;. The van der Waals surface area contributed by atoms with Crippen LogP contribution in [0.5, 0.6) is 0 Å². The van der Waals surface area contributed by atoms with Crippen LogP contribution in [0, 0.1) is 10.8 Å². The summed E-state index contributed by atoms with van der Waals surface area (Å²) in [7, 11) is 0. The number of amides is 1. The molecule has 0 aromatic heterocycles. The quantitative estimate of drug-likeness (QED) is 0.520. The summed E-state index contributed by atoms with van der Waals surface area (Å²) in [6.07, 6.45) is 9.52. The zero-order chi connectivity index (χ0) is 15.2. The molecule has 0 atom stereocenters. The second kappa shape index (κ2) is 9.30. The molecule has 0 bridgehead atoms. The van der Waals surface area contributed by atoms with Gasteiger partial charge < -0.3 is 10.6 Å². The monoisotopic (exact) mass is 465 g/mol. The summed E-state index contributed by atoms with van der Waals surface area (Å²) in [5.74, 6) is 0. The number of carbonyl (C=O) groups is 1. The fraction of sp³-hybridized carbons (Fsp3) is 0.941. The van der Waals surface area contributed by atoms with E-state index in [1.165, 1.54) is 19.3 Å². The van der Waals surface area contributed by atoms with Crippen LogP contribution in [0.1, 0.15) is 72.6 Å². The van der Waals surface area contributed by atoms with Crippen LogP contribution in [0.15, 0.2) is 0 Å². The summed E-state index contributed by atoms with van der Waals surface area (Å²) in [5, 5.41) is 0. The minimum absolute atomic E-state index is 0. The number of nitrogens with zero attached hydrogens (tertiary/aromatic N) is 1. The van der Waals surface area contributed by atoms with Gasteiger partial charge in [-0.1, -0.05) is 59.8 Å². The molecule has 0 aromatic carbocycles. The summed E-state index contributed by atoms with van der Waals surface area (Å²) < 4.78 is 0. The fourth-order valence-electron chi connectivity index (χ4n) is 2.98. The average molecular weight is 465 g/mol. The van der Waals surface area contributed by atoms with Crippen molar-refractivity contribution in [3.63, 3.8) is 0 Å². The van der Waals surface area contributed by atoms with Gasteiger partial charge in [0.1, 0.15) is 0 Å². The fourth-order valence-corrected chi connectivity index (χ4v) is 2.98. The van der Waals surface area contributed by atoms with E-state index in [1.807, 2.05) is 4.90 Å². The van der Waals surface area contributed by atoms with Crippen molar-refractivity contribution in [1.29, 1.82) is 0 Å². The normalized spacial score (nSPS) is 22.6. The van der Waals surface area contributed by atoms with E-state index in [1.54, 1.807) is 0 Å². The molecule has 0 unspecified atom stereocenters. The maximum absolute atomic E-state index is 10.5. The van der Waals surface area contributed by atoms with Crippen molar-refractivity contribution in [2.75, 3.05) is 13.1 Å². The number of hydrogen-bond acceptors (Lipinski definition) is 1. The van der Waals surface area contributed by atoms with Crippen molar-refractivity contribution in [1.82, 2.24) is 4.90 Å². The molecule has 1 N–H and O–H groups in total. The first-order chi connectivity index (χ1) is 9.28. The van der Waals surface area contributed by atoms with Gasteiger partial charge in [-0.05, 0) is 23.7 Å². The summed E-state index contributed by atoms with van der Waals surface area (Å²) in [4.78, 5) is 12.4. The average Bonchev–Trinajstić information content (AvgIpc) is 2.40. The molecular weight excluding hydrogens is 432 g/mol. The Bertz CT molecular complexity index is 288.